The molecule has 1 saturated heterocycles. The van der Waals surface area contributed by atoms with Crippen molar-refractivity contribution in [3.05, 3.63) is 34.9 Å². The highest BCUT2D eigenvalue weighted by atomic mass is 35.5. The first-order chi connectivity index (χ1) is 11.3. The van der Waals surface area contributed by atoms with Gasteiger partial charge in [-0.15, -0.1) is 0 Å². The molecule has 0 bridgehead atoms. The summed E-state index contributed by atoms with van der Waals surface area (Å²) >= 11 is 5.98. The highest BCUT2D eigenvalue weighted by molar-refractivity contribution is 6.30. The van der Waals surface area contributed by atoms with E-state index < -0.39 is 0 Å². The van der Waals surface area contributed by atoms with Gasteiger partial charge in [-0.3, -0.25) is 0 Å². The maximum atomic E-state index is 6.10. The van der Waals surface area contributed by atoms with Gasteiger partial charge >= 0.3 is 0 Å². The number of hydrogen-bond acceptors (Lipinski definition) is 2. The van der Waals surface area contributed by atoms with Crippen LogP contribution in [0.15, 0.2) is 24.3 Å². The lowest BCUT2D eigenvalue weighted by Crippen LogP contribution is -2.46. The Morgan fingerprint density at radius 2 is 1.88 bits per heavy atom. The van der Waals surface area contributed by atoms with Gasteiger partial charge in [0.15, 0.2) is 0 Å². The summed E-state index contributed by atoms with van der Waals surface area (Å²) in [7, 11) is 0. The molecule has 0 aliphatic carbocycles. The predicted octanol–water partition coefficient (Wildman–Crippen LogP) is 6.00. The van der Waals surface area contributed by atoms with Crippen molar-refractivity contribution in [2.45, 2.75) is 71.9 Å². The molecule has 1 aliphatic heterocycles. The zero-order valence-electron chi connectivity index (χ0n) is 16.0. The summed E-state index contributed by atoms with van der Waals surface area (Å²) in [4.78, 5) is 0. The number of ether oxygens (including phenoxy) is 1. The molecule has 0 saturated carbocycles. The first-order valence-electron chi connectivity index (χ1n) is 9.43. The van der Waals surface area contributed by atoms with E-state index >= 15 is 0 Å². The van der Waals surface area contributed by atoms with E-state index in [1.165, 1.54) is 24.8 Å². The van der Waals surface area contributed by atoms with E-state index in [-0.39, 0.29) is 5.60 Å². The smallest absolute Gasteiger partial charge is 0.0657 e. The molecule has 0 unspecified atom stereocenters. The molecular weight excluding hydrogens is 318 g/mol. The largest absolute Gasteiger partial charge is 0.375 e. The summed E-state index contributed by atoms with van der Waals surface area (Å²) in [5, 5.41) is 4.50. The second kappa shape index (κ2) is 8.21. The number of rotatable bonds is 7. The van der Waals surface area contributed by atoms with Crippen LogP contribution in [0.3, 0.4) is 0 Å². The molecule has 1 aromatic rings. The second-order valence-electron chi connectivity index (χ2n) is 8.07. The zero-order valence-corrected chi connectivity index (χ0v) is 16.7. The van der Waals surface area contributed by atoms with Crippen LogP contribution in [0.4, 0.5) is 0 Å². The number of benzene rings is 1. The number of hydrogen-bond donors (Lipinski definition) is 1. The molecular formula is C21H34ClNO. The topological polar surface area (TPSA) is 21.3 Å². The molecule has 1 heterocycles. The molecule has 1 aliphatic rings. The second-order valence-corrected chi connectivity index (χ2v) is 8.51. The van der Waals surface area contributed by atoms with Crippen molar-refractivity contribution >= 4 is 11.6 Å². The Bertz CT molecular complexity index is 515. The third-order valence-electron chi connectivity index (χ3n) is 6.19. The fraction of sp³-hybridized carbons (Fsp3) is 0.714. The van der Waals surface area contributed by atoms with Crippen LogP contribution in [0.5, 0.6) is 0 Å². The Morgan fingerprint density at radius 1 is 1.21 bits per heavy atom. The van der Waals surface area contributed by atoms with Crippen LogP contribution in [0.2, 0.25) is 5.02 Å². The summed E-state index contributed by atoms with van der Waals surface area (Å²) in [6, 6.07) is 8.51. The van der Waals surface area contributed by atoms with Crippen LogP contribution >= 0.6 is 11.6 Å². The Kier molecular flexibility index (Phi) is 6.75. The van der Waals surface area contributed by atoms with Gasteiger partial charge in [-0.05, 0) is 75.1 Å². The van der Waals surface area contributed by atoms with Gasteiger partial charge in [0.05, 0.1) is 5.60 Å². The molecule has 2 nitrogen and oxygen atoms in total. The van der Waals surface area contributed by atoms with E-state index in [2.05, 4.69) is 52.1 Å². The zero-order chi connectivity index (χ0) is 17.8. The summed E-state index contributed by atoms with van der Waals surface area (Å²) in [5.74, 6) is 0.680. The van der Waals surface area contributed by atoms with E-state index in [1.54, 1.807) is 0 Å². The lowest BCUT2D eigenvalue weighted by Gasteiger charge is -2.49. The van der Waals surface area contributed by atoms with Crippen LogP contribution in [-0.2, 0) is 4.74 Å². The summed E-state index contributed by atoms with van der Waals surface area (Å²) in [6.07, 6.45) is 4.65. The van der Waals surface area contributed by atoms with Gasteiger partial charge in [0.25, 0.3) is 0 Å². The Hall–Kier alpha value is -0.570. The van der Waals surface area contributed by atoms with E-state index in [9.17, 15) is 0 Å². The maximum Gasteiger partial charge on any atom is 0.0657 e. The first-order valence-corrected chi connectivity index (χ1v) is 9.81. The quantitative estimate of drug-likeness (QED) is 0.650. The molecule has 0 radical (unpaired) electrons. The van der Waals surface area contributed by atoms with E-state index in [0.717, 1.165) is 24.6 Å². The third kappa shape index (κ3) is 4.74. The van der Waals surface area contributed by atoms with E-state index in [4.69, 9.17) is 16.3 Å². The van der Waals surface area contributed by atoms with Crippen molar-refractivity contribution in [2.75, 3.05) is 13.2 Å². The highest BCUT2D eigenvalue weighted by Crippen LogP contribution is 2.47. The average molecular weight is 352 g/mol. The normalized spacial score (nSPS) is 29.0. The van der Waals surface area contributed by atoms with Crippen molar-refractivity contribution in [3.8, 4) is 0 Å². The SMILES string of the molecule is CC[C@]1(C)C[C@](CCN[C@H](C)c2ccc(Cl)cc2)(C(C)C)CCO1. The van der Waals surface area contributed by atoms with Gasteiger partial charge in [-0.1, -0.05) is 44.5 Å². The molecule has 1 N–H and O–H groups in total. The number of nitrogens with one attached hydrogen (secondary N) is 1. The van der Waals surface area contributed by atoms with Gasteiger partial charge in [-0.2, -0.15) is 0 Å². The monoisotopic (exact) mass is 351 g/mol. The van der Waals surface area contributed by atoms with Gasteiger partial charge in [0.1, 0.15) is 0 Å². The predicted molar refractivity (Wildman–Crippen MR) is 104 cm³/mol. The molecule has 136 valence electrons. The van der Waals surface area contributed by atoms with Crippen molar-refractivity contribution in [2.24, 2.45) is 11.3 Å². The number of halogens is 1. The minimum absolute atomic E-state index is 0.0459. The lowest BCUT2D eigenvalue weighted by molar-refractivity contribution is -0.132. The molecule has 0 amide bonds. The minimum atomic E-state index is 0.0459. The molecule has 1 aromatic carbocycles. The van der Waals surface area contributed by atoms with Crippen molar-refractivity contribution in [3.63, 3.8) is 0 Å². The van der Waals surface area contributed by atoms with Crippen molar-refractivity contribution in [1.29, 1.82) is 0 Å². The minimum Gasteiger partial charge on any atom is -0.375 e. The Balaban J connectivity index is 1.95. The van der Waals surface area contributed by atoms with Crippen LogP contribution in [0.25, 0.3) is 0 Å². The van der Waals surface area contributed by atoms with Gasteiger partial charge in [-0.25, -0.2) is 0 Å². The standard InChI is InChI=1S/C21H34ClNO/c1-6-20(5)15-21(16(2)3,12-14-24-20)11-13-23-17(4)18-7-9-19(22)10-8-18/h7-10,16-17,23H,6,11-15H2,1-5H3/t17-,20-,21-/m1/s1. The van der Waals surface area contributed by atoms with Crippen molar-refractivity contribution < 1.29 is 4.74 Å². The highest BCUT2D eigenvalue weighted by Gasteiger charge is 2.43. The fourth-order valence-electron chi connectivity index (χ4n) is 4.01. The molecule has 24 heavy (non-hydrogen) atoms. The van der Waals surface area contributed by atoms with Crippen LogP contribution < -0.4 is 5.32 Å². The summed E-state index contributed by atoms with van der Waals surface area (Å²) in [5.41, 5.74) is 1.73. The van der Waals surface area contributed by atoms with Crippen LogP contribution in [0.1, 0.15) is 71.9 Å². The van der Waals surface area contributed by atoms with E-state index in [1.807, 2.05) is 12.1 Å². The van der Waals surface area contributed by atoms with Gasteiger partial charge in [0.2, 0.25) is 0 Å². The molecule has 3 atom stereocenters. The summed E-state index contributed by atoms with van der Waals surface area (Å²) < 4.78 is 6.10. The molecule has 3 heteroatoms. The first kappa shape index (κ1) is 19.8. The Labute approximate surface area is 153 Å². The van der Waals surface area contributed by atoms with Gasteiger partial charge < -0.3 is 10.1 Å². The molecule has 1 fully saturated rings. The molecule has 0 aromatic heterocycles. The maximum absolute atomic E-state index is 6.10. The molecule has 2 rings (SSSR count). The van der Waals surface area contributed by atoms with Crippen molar-refractivity contribution in [1.82, 2.24) is 5.32 Å². The lowest BCUT2D eigenvalue weighted by atomic mass is 9.64. The van der Waals surface area contributed by atoms with Crippen LogP contribution in [-0.4, -0.2) is 18.8 Å². The Morgan fingerprint density at radius 3 is 2.46 bits per heavy atom. The third-order valence-corrected chi connectivity index (χ3v) is 6.44. The van der Waals surface area contributed by atoms with E-state index in [0.29, 0.717) is 17.4 Å². The van der Waals surface area contributed by atoms with Gasteiger partial charge in [0, 0.05) is 17.7 Å². The summed E-state index contributed by atoms with van der Waals surface area (Å²) in [6.45, 7) is 13.5. The fourth-order valence-corrected chi connectivity index (χ4v) is 4.14. The van der Waals surface area contributed by atoms with Crippen LogP contribution in [0, 0.1) is 11.3 Å². The molecule has 0 spiro atoms. The average Bonchev–Trinajstić information content (AvgIpc) is 2.55.